The SMILES string of the molecule is C[C@H](NC(=O)c1ccccc1Cl)C(=O)NCc1ccc(-c2ccc(Br)cc2)o1. The Bertz CT molecular complexity index is 985. The fraction of sp³-hybridized carbons (Fsp3) is 0.143. The maximum absolute atomic E-state index is 12.3. The molecule has 1 atom stereocenters. The minimum atomic E-state index is -0.718. The average molecular weight is 462 g/mol. The summed E-state index contributed by atoms with van der Waals surface area (Å²) in [5.74, 6) is 0.624. The standard InChI is InChI=1S/C21H18BrClN2O3/c1-13(25-21(27)17-4-2-3-5-18(17)23)20(26)24-12-16-10-11-19(28-16)14-6-8-15(22)9-7-14/h2-11,13H,12H2,1H3,(H,24,26)(H,25,27)/t13-/m0/s1. The van der Waals surface area contributed by atoms with Gasteiger partial charge in [0.05, 0.1) is 17.1 Å². The lowest BCUT2D eigenvalue weighted by Crippen LogP contribution is -2.44. The van der Waals surface area contributed by atoms with Gasteiger partial charge in [-0.2, -0.15) is 0 Å². The molecule has 0 aliphatic carbocycles. The van der Waals surface area contributed by atoms with Gasteiger partial charge in [0.25, 0.3) is 5.91 Å². The topological polar surface area (TPSA) is 71.3 Å². The van der Waals surface area contributed by atoms with Crippen molar-refractivity contribution in [1.82, 2.24) is 10.6 Å². The number of nitrogens with one attached hydrogen (secondary N) is 2. The Balaban J connectivity index is 1.54. The largest absolute Gasteiger partial charge is 0.459 e. The van der Waals surface area contributed by atoms with E-state index < -0.39 is 11.9 Å². The van der Waals surface area contributed by atoms with E-state index in [-0.39, 0.29) is 12.5 Å². The highest BCUT2D eigenvalue weighted by molar-refractivity contribution is 9.10. The Hall–Kier alpha value is -2.57. The Labute approximate surface area is 176 Å². The molecule has 5 nitrogen and oxygen atoms in total. The zero-order valence-electron chi connectivity index (χ0n) is 15.0. The lowest BCUT2D eigenvalue weighted by Gasteiger charge is -2.14. The van der Waals surface area contributed by atoms with Crippen LogP contribution in [-0.4, -0.2) is 17.9 Å². The molecule has 0 spiro atoms. The van der Waals surface area contributed by atoms with E-state index in [0.717, 1.165) is 15.8 Å². The highest BCUT2D eigenvalue weighted by atomic mass is 79.9. The van der Waals surface area contributed by atoms with Crippen molar-refractivity contribution in [3.05, 3.63) is 81.5 Å². The molecule has 0 aliphatic heterocycles. The molecular weight excluding hydrogens is 444 g/mol. The quantitative estimate of drug-likeness (QED) is 0.554. The fourth-order valence-electron chi connectivity index (χ4n) is 2.55. The molecule has 0 fully saturated rings. The predicted octanol–water partition coefficient (Wildman–Crippen LogP) is 4.80. The van der Waals surface area contributed by atoms with E-state index in [0.29, 0.717) is 16.3 Å². The van der Waals surface area contributed by atoms with Crippen LogP contribution >= 0.6 is 27.5 Å². The van der Waals surface area contributed by atoms with E-state index in [1.807, 2.05) is 36.4 Å². The van der Waals surface area contributed by atoms with Crippen molar-refractivity contribution in [2.24, 2.45) is 0 Å². The van der Waals surface area contributed by atoms with Crippen LogP contribution < -0.4 is 10.6 Å². The van der Waals surface area contributed by atoms with Crippen molar-refractivity contribution in [2.75, 3.05) is 0 Å². The number of rotatable bonds is 6. The van der Waals surface area contributed by atoms with Gasteiger partial charge in [0, 0.05) is 10.0 Å². The molecule has 3 rings (SSSR count). The minimum Gasteiger partial charge on any atom is -0.459 e. The van der Waals surface area contributed by atoms with Crippen molar-refractivity contribution in [3.8, 4) is 11.3 Å². The minimum absolute atomic E-state index is 0.224. The molecule has 7 heteroatoms. The highest BCUT2D eigenvalue weighted by Crippen LogP contribution is 2.24. The summed E-state index contributed by atoms with van der Waals surface area (Å²) >= 11 is 9.41. The second kappa shape index (κ2) is 9.08. The molecule has 144 valence electrons. The first-order valence-electron chi connectivity index (χ1n) is 8.62. The maximum atomic E-state index is 12.3. The smallest absolute Gasteiger partial charge is 0.253 e. The van der Waals surface area contributed by atoms with Gasteiger partial charge < -0.3 is 15.1 Å². The van der Waals surface area contributed by atoms with Gasteiger partial charge in [-0.15, -0.1) is 0 Å². The summed E-state index contributed by atoms with van der Waals surface area (Å²) in [6.45, 7) is 1.83. The van der Waals surface area contributed by atoms with Crippen LogP contribution in [0, 0.1) is 0 Å². The van der Waals surface area contributed by atoms with Gasteiger partial charge in [-0.25, -0.2) is 0 Å². The number of halogens is 2. The molecule has 2 aromatic carbocycles. The van der Waals surface area contributed by atoms with Crippen molar-refractivity contribution in [1.29, 1.82) is 0 Å². The molecular formula is C21H18BrClN2O3. The molecule has 0 unspecified atom stereocenters. The Morgan fingerprint density at radius 3 is 2.50 bits per heavy atom. The number of hydrogen-bond acceptors (Lipinski definition) is 3. The second-order valence-corrected chi connectivity index (χ2v) is 7.49. The number of carbonyl (C=O) groups excluding carboxylic acids is 2. The number of carbonyl (C=O) groups is 2. The van der Waals surface area contributed by atoms with Crippen molar-refractivity contribution in [2.45, 2.75) is 19.5 Å². The third-order valence-corrected chi connectivity index (χ3v) is 4.94. The molecule has 0 bridgehead atoms. The molecule has 28 heavy (non-hydrogen) atoms. The molecule has 0 aliphatic rings. The predicted molar refractivity (Wildman–Crippen MR) is 112 cm³/mol. The number of amides is 2. The number of benzene rings is 2. The number of hydrogen-bond donors (Lipinski definition) is 2. The molecule has 0 radical (unpaired) electrons. The van der Waals surface area contributed by atoms with Crippen LogP contribution in [0.15, 0.2) is 69.6 Å². The van der Waals surface area contributed by atoms with Crippen molar-refractivity contribution in [3.63, 3.8) is 0 Å². The van der Waals surface area contributed by atoms with E-state index in [4.69, 9.17) is 16.0 Å². The van der Waals surface area contributed by atoms with Gasteiger partial charge in [0.2, 0.25) is 5.91 Å². The molecule has 3 aromatic rings. The summed E-state index contributed by atoms with van der Waals surface area (Å²) in [5.41, 5.74) is 1.27. The van der Waals surface area contributed by atoms with E-state index in [1.165, 1.54) is 0 Å². The molecule has 1 aromatic heterocycles. The van der Waals surface area contributed by atoms with Crippen LogP contribution in [0.25, 0.3) is 11.3 Å². The monoisotopic (exact) mass is 460 g/mol. The average Bonchev–Trinajstić information content (AvgIpc) is 3.16. The van der Waals surface area contributed by atoms with E-state index in [1.54, 1.807) is 31.2 Å². The van der Waals surface area contributed by atoms with Crippen molar-refractivity contribution >= 4 is 39.3 Å². The third kappa shape index (κ3) is 5.03. The Kier molecular flexibility index (Phi) is 6.54. The Morgan fingerprint density at radius 2 is 1.79 bits per heavy atom. The third-order valence-electron chi connectivity index (χ3n) is 4.09. The van der Waals surface area contributed by atoms with Crippen LogP contribution in [-0.2, 0) is 11.3 Å². The molecule has 2 N–H and O–H groups in total. The van der Waals surface area contributed by atoms with Gasteiger partial charge in [-0.3, -0.25) is 9.59 Å². The summed E-state index contributed by atoms with van der Waals surface area (Å²) in [5, 5.41) is 5.73. The molecule has 1 heterocycles. The summed E-state index contributed by atoms with van der Waals surface area (Å²) in [6, 6.07) is 17.4. The summed E-state index contributed by atoms with van der Waals surface area (Å²) in [6.07, 6.45) is 0. The molecule has 0 saturated carbocycles. The van der Waals surface area contributed by atoms with Gasteiger partial charge in [0.1, 0.15) is 17.6 Å². The number of furan rings is 1. The second-order valence-electron chi connectivity index (χ2n) is 6.17. The lowest BCUT2D eigenvalue weighted by atomic mass is 10.2. The first kappa shape index (κ1) is 20.2. The van der Waals surface area contributed by atoms with E-state index in [9.17, 15) is 9.59 Å². The first-order valence-corrected chi connectivity index (χ1v) is 9.79. The Morgan fingerprint density at radius 1 is 1.07 bits per heavy atom. The van der Waals surface area contributed by atoms with Gasteiger partial charge in [-0.05, 0) is 43.3 Å². The van der Waals surface area contributed by atoms with E-state index in [2.05, 4.69) is 26.6 Å². The molecule has 2 amide bonds. The molecule has 0 saturated heterocycles. The zero-order valence-corrected chi connectivity index (χ0v) is 17.4. The van der Waals surface area contributed by atoms with Gasteiger partial charge in [-0.1, -0.05) is 51.8 Å². The summed E-state index contributed by atoms with van der Waals surface area (Å²) in [4.78, 5) is 24.5. The van der Waals surface area contributed by atoms with Gasteiger partial charge >= 0.3 is 0 Å². The van der Waals surface area contributed by atoms with Crippen molar-refractivity contribution < 1.29 is 14.0 Å². The highest BCUT2D eigenvalue weighted by Gasteiger charge is 2.18. The van der Waals surface area contributed by atoms with Crippen LogP contribution in [0.3, 0.4) is 0 Å². The maximum Gasteiger partial charge on any atom is 0.253 e. The summed E-state index contributed by atoms with van der Waals surface area (Å²) in [7, 11) is 0. The lowest BCUT2D eigenvalue weighted by molar-refractivity contribution is -0.122. The van der Waals surface area contributed by atoms with Crippen LogP contribution in [0.1, 0.15) is 23.0 Å². The summed E-state index contributed by atoms with van der Waals surface area (Å²) < 4.78 is 6.76. The van der Waals surface area contributed by atoms with E-state index >= 15 is 0 Å². The normalized spacial score (nSPS) is 11.7. The van der Waals surface area contributed by atoms with Crippen LogP contribution in [0.4, 0.5) is 0 Å². The first-order chi connectivity index (χ1) is 13.4. The van der Waals surface area contributed by atoms with Crippen LogP contribution in [0.2, 0.25) is 5.02 Å². The van der Waals surface area contributed by atoms with Gasteiger partial charge in [0.15, 0.2) is 0 Å². The zero-order chi connectivity index (χ0) is 20.1. The fourth-order valence-corrected chi connectivity index (χ4v) is 3.04. The van der Waals surface area contributed by atoms with Crippen LogP contribution in [0.5, 0.6) is 0 Å².